The van der Waals surface area contributed by atoms with Crippen molar-refractivity contribution in [3.8, 4) is 5.69 Å². The van der Waals surface area contributed by atoms with Gasteiger partial charge in [-0.1, -0.05) is 30.9 Å². The van der Waals surface area contributed by atoms with Crippen molar-refractivity contribution >= 4 is 17.3 Å². The van der Waals surface area contributed by atoms with Crippen LogP contribution in [-0.2, 0) is 13.1 Å². The molecule has 3 aromatic rings. The summed E-state index contributed by atoms with van der Waals surface area (Å²) in [4.78, 5) is 11.3. The highest BCUT2D eigenvalue weighted by Crippen LogP contribution is 2.21. The third kappa shape index (κ3) is 5.17. The molecule has 152 valence electrons. The van der Waals surface area contributed by atoms with Crippen molar-refractivity contribution in [1.29, 1.82) is 0 Å². The molecule has 0 bridgehead atoms. The van der Waals surface area contributed by atoms with Crippen LogP contribution in [0.15, 0.2) is 55.0 Å². The van der Waals surface area contributed by atoms with Crippen LogP contribution in [-0.4, -0.2) is 27.6 Å². The molecule has 1 fully saturated rings. The van der Waals surface area contributed by atoms with Crippen molar-refractivity contribution in [2.45, 2.75) is 51.2 Å². The van der Waals surface area contributed by atoms with Crippen molar-refractivity contribution < 1.29 is 0 Å². The van der Waals surface area contributed by atoms with Crippen molar-refractivity contribution in [1.82, 2.24) is 19.9 Å². The molecule has 1 aromatic carbocycles. The van der Waals surface area contributed by atoms with Crippen LogP contribution in [0.2, 0.25) is 5.02 Å². The van der Waals surface area contributed by atoms with Gasteiger partial charge in [-0.3, -0.25) is 4.98 Å². The summed E-state index contributed by atoms with van der Waals surface area (Å²) in [5.41, 5.74) is 3.25. The maximum absolute atomic E-state index is 6.09. The molecule has 1 aliphatic rings. The van der Waals surface area contributed by atoms with Crippen molar-refractivity contribution in [3.63, 3.8) is 0 Å². The van der Waals surface area contributed by atoms with E-state index in [-0.39, 0.29) is 0 Å². The molecule has 6 heteroatoms. The Bertz CT molecular complexity index is 901. The van der Waals surface area contributed by atoms with Gasteiger partial charge < -0.3 is 14.8 Å². The third-order valence-corrected chi connectivity index (χ3v) is 5.84. The Kier molecular flexibility index (Phi) is 6.47. The second-order valence-corrected chi connectivity index (χ2v) is 8.21. The summed E-state index contributed by atoms with van der Waals surface area (Å²) < 4.78 is 2.18. The molecule has 0 radical (unpaired) electrons. The first-order chi connectivity index (χ1) is 14.2. The van der Waals surface area contributed by atoms with Gasteiger partial charge in [0, 0.05) is 48.1 Å². The first kappa shape index (κ1) is 19.9. The summed E-state index contributed by atoms with van der Waals surface area (Å²) in [5, 5.41) is 4.47. The number of halogens is 1. The maximum atomic E-state index is 6.09. The van der Waals surface area contributed by atoms with Crippen LogP contribution in [0, 0.1) is 0 Å². The molecule has 1 saturated carbocycles. The predicted molar refractivity (Wildman–Crippen MR) is 119 cm³/mol. The Hall–Kier alpha value is -2.37. The first-order valence-corrected chi connectivity index (χ1v) is 10.7. The van der Waals surface area contributed by atoms with Gasteiger partial charge in [-0.15, -0.1) is 0 Å². The largest absolute Gasteiger partial charge is 0.369 e. The van der Waals surface area contributed by atoms with E-state index in [1.165, 1.54) is 32.1 Å². The second-order valence-electron chi connectivity index (χ2n) is 7.77. The fourth-order valence-corrected chi connectivity index (χ4v) is 4.10. The standard InChI is InChI=1S/C23H28ClN5/c1-28(21-11-13-25-14-12-21)16-20-17-29(22-9-7-18(24)8-10-22)23(27-20)15-26-19-5-3-2-4-6-19/h7-14,17,19,26H,2-6,15-16H2,1H3. The summed E-state index contributed by atoms with van der Waals surface area (Å²) in [6.45, 7) is 1.51. The Morgan fingerprint density at radius 2 is 1.79 bits per heavy atom. The third-order valence-electron chi connectivity index (χ3n) is 5.59. The molecule has 29 heavy (non-hydrogen) atoms. The molecule has 0 unspecified atom stereocenters. The summed E-state index contributed by atoms with van der Waals surface area (Å²) in [7, 11) is 2.08. The molecule has 5 nitrogen and oxygen atoms in total. The minimum absolute atomic E-state index is 0.599. The molecular weight excluding hydrogens is 382 g/mol. The van der Waals surface area contributed by atoms with Crippen LogP contribution in [0.3, 0.4) is 0 Å². The van der Waals surface area contributed by atoms with Crippen LogP contribution < -0.4 is 10.2 Å². The number of pyridine rings is 1. The molecule has 0 spiro atoms. The Balaban J connectivity index is 1.54. The number of hydrogen-bond donors (Lipinski definition) is 1. The number of aromatic nitrogens is 3. The fourth-order valence-electron chi connectivity index (χ4n) is 3.97. The molecule has 0 aliphatic heterocycles. The Labute approximate surface area is 177 Å². The van der Waals surface area contributed by atoms with Crippen LogP contribution in [0.25, 0.3) is 5.69 Å². The smallest absolute Gasteiger partial charge is 0.127 e. The highest BCUT2D eigenvalue weighted by molar-refractivity contribution is 6.30. The lowest BCUT2D eigenvalue weighted by Gasteiger charge is -2.22. The number of hydrogen-bond acceptors (Lipinski definition) is 4. The minimum Gasteiger partial charge on any atom is -0.369 e. The van der Waals surface area contributed by atoms with Crippen LogP contribution in [0.4, 0.5) is 5.69 Å². The number of anilines is 1. The van der Waals surface area contributed by atoms with Gasteiger partial charge in [0.2, 0.25) is 0 Å². The van der Waals surface area contributed by atoms with Gasteiger partial charge in [0.1, 0.15) is 5.82 Å². The van der Waals surface area contributed by atoms with E-state index in [9.17, 15) is 0 Å². The van der Waals surface area contributed by atoms with E-state index >= 15 is 0 Å². The topological polar surface area (TPSA) is 46.0 Å². The lowest BCUT2D eigenvalue weighted by atomic mass is 9.95. The highest BCUT2D eigenvalue weighted by atomic mass is 35.5. The van der Waals surface area contributed by atoms with Crippen LogP contribution >= 0.6 is 11.6 Å². The predicted octanol–water partition coefficient (Wildman–Crippen LogP) is 4.98. The molecule has 1 aliphatic carbocycles. The van der Waals surface area contributed by atoms with Crippen LogP contribution in [0.1, 0.15) is 43.6 Å². The van der Waals surface area contributed by atoms with Gasteiger partial charge in [0.25, 0.3) is 0 Å². The van der Waals surface area contributed by atoms with Gasteiger partial charge in [0.05, 0.1) is 18.8 Å². The minimum atomic E-state index is 0.599. The molecular formula is C23H28ClN5. The number of rotatable bonds is 7. The van der Waals surface area contributed by atoms with E-state index in [0.717, 1.165) is 41.0 Å². The monoisotopic (exact) mass is 409 g/mol. The lowest BCUT2D eigenvalue weighted by molar-refractivity contribution is 0.368. The zero-order valence-corrected chi connectivity index (χ0v) is 17.6. The van der Waals surface area contributed by atoms with Gasteiger partial charge >= 0.3 is 0 Å². The fraction of sp³-hybridized carbons (Fsp3) is 0.391. The average molecular weight is 410 g/mol. The summed E-state index contributed by atoms with van der Waals surface area (Å²) in [6, 6.07) is 12.6. The number of benzene rings is 1. The molecule has 1 N–H and O–H groups in total. The highest BCUT2D eigenvalue weighted by Gasteiger charge is 2.16. The van der Waals surface area contributed by atoms with E-state index in [1.54, 1.807) is 0 Å². The Morgan fingerprint density at radius 3 is 2.52 bits per heavy atom. The van der Waals surface area contributed by atoms with Crippen LogP contribution in [0.5, 0.6) is 0 Å². The summed E-state index contributed by atoms with van der Waals surface area (Å²) in [5.74, 6) is 1.04. The molecule has 0 atom stereocenters. The normalized spacial score (nSPS) is 14.8. The summed E-state index contributed by atoms with van der Waals surface area (Å²) >= 11 is 6.09. The van der Waals surface area contributed by atoms with Gasteiger partial charge in [-0.2, -0.15) is 0 Å². The number of imidazole rings is 1. The quantitative estimate of drug-likeness (QED) is 0.597. The van der Waals surface area contributed by atoms with E-state index in [0.29, 0.717) is 6.04 Å². The van der Waals surface area contributed by atoms with E-state index in [1.807, 2.05) is 48.8 Å². The number of nitrogens with one attached hydrogen (secondary N) is 1. The van der Waals surface area contributed by atoms with Gasteiger partial charge in [0.15, 0.2) is 0 Å². The molecule has 4 rings (SSSR count). The zero-order valence-electron chi connectivity index (χ0n) is 16.9. The lowest BCUT2D eigenvalue weighted by Crippen LogP contribution is -2.31. The Morgan fingerprint density at radius 1 is 1.07 bits per heavy atom. The van der Waals surface area contributed by atoms with E-state index in [2.05, 4.69) is 33.0 Å². The first-order valence-electron chi connectivity index (χ1n) is 10.4. The maximum Gasteiger partial charge on any atom is 0.127 e. The molecule has 2 heterocycles. The zero-order chi connectivity index (χ0) is 20.1. The summed E-state index contributed by atoms with van der Waals surface area (Å²) in [6.07, 6.45) is 12.3. The van der Waals surface area contributed by atoms with Gasteiger partial charge in [-0.25, -0.2) is 4.98 Å². The second kappa shape index (κ2) is 9.42. The van der Waals surface area contributed by atoms with Crippen molar-refractivity contribution in [2.24, 2.45) is 0 Å². The van der Waals surface area contributed by atoms with E-state index in [4.69, 9.17) is 16.6 Å². The molecule has 0 amide bonds. The van der Waals surface area contributed by atoms with Gasteiger partial charge in [-0.05, 0) is 49.2 Å². The molecule has 0 saturated heterocycles. The molecule has 2 aromatic heterocycles. The average Bonchev–Trinajstić information content (AvgIpc) is 3.16. The number of nitrogens with zero attached hydrogens (tertiary/aromatic N) is 4. The van der Waals surface area contributed by atoms with E-state index < -0.39 is 0 Å². The van der Waals surface area contributed by atoms with Crippen molar-refractivity contribution in [2.75, 3.05) is 11.9 Å². The van der Waals surface area contributed by atoms with Crippen molar-refractivity contribution in [3.05, 3.63) is 71.5 Å². The SMILES string of the molecule is CN(Cc1cn(-c2ccc(Cl)cc2)c(CNC2CCCCC2)n1)c1ccncc1.